The molecule has 0 aromatic heterocycles. The predicted molar refractivity (Wildman–Crippen MR) is 80.2 cm³/mol. The second-order valence-electron chi connectivity index (χ2n) is 4.91. The molecule has 2 unspecified atom stereocenters. The highest BCUT2D eigenvalue weighted by Crippen LogP contribution is 2.15. The molecule has 4 nitrogen and oxygen atoms in total. The van der Waals surface area contributed by atoms with Crippen LogP contribution < -0.4 is 16.4 Å². The van der Waals surface area contributed by atoms with Crippen LogP contribution in [0.1, 0.15) is 51.6 Å². The van der Waals surface area contributed by atoms with E-state index in [0.29, 0.717) is 0 Å². The van der Waals surface area contributed by atoms with Gasteiger partial charge in [0.1, 0.15) is 0 Å². The molecule has 0 saturated carbocycles. The fraction of sp³-hybridized carbons (Fsp3) is 0.533. The highest BCUT2D eigenvalue weighted by molar-refractivity contribution is 5.89. The van der Waals surface area contributed by atoms with Gasteiger partial charge in [-0.15, -0.1) is 0 Å². The average molecular weight is 263 g/mol. The highest BCUT2D eigenvalue weighted by Gasteiger charge is 2.09. The zero-order valence-electron chi connectivity index (χ0n) is 12.1. The second-order valence-corrected chi connectivity index (χ2v) is 4.91. The van der Waals surface area contributed by atoms with Gasteiger partial charge in [0, 0.05) is 17.8 Å². The Kier molecular flexibility index (Phi) is 6.36. The molecule has 0 aliphatic heterocycles. The van der Waals surface area contributed by atoms with E-state index in [9.17, 15) is 4.79 Å². The third-order valence-corrected chi connectivity index (χ3v) is 3.14. The topological polar surface area (TPSA) is 67.2 Å². The van der Waals surface area contributed by atoms with E-state index >= 15 is 0 Å². The Morgan fingerprint density at radius 1 is 1.37 bits per heavy atom. The Morgan fingerprint density at radius 2 is 2.11 bits per heavy atom. The van der Waals surface area contributed by atoms with Gasteiger partial charge < -0.3 is 16.4 Å². The zero-order valence-corrected chi connectivity index (χ0v) is 12.1. The van der Waals surface area contributed by atoms with Crippen LogP contribution in [-0.2, 0) is 0 Å². The van der Waals surface area contributed by atoms with Gasteiger partial charge in [-0.3, -0.25) is 0 Å². The molecule has 2 amide bonds. The van der Waals surface area contributed by atoms with E-state index in [1.54, 1.807) is 0 Å². The number of urea groups is 1. The first-order chi connectivity index (χ1) is 9.06. The molecule has 0 radical (unpaired) electrons. The second kappa shape index (κ2) is 7.79. The molecule has 19 heavy (non-hydrogen) atoms. The molecule has 0 bridgehead atoms. The van der Waals surface area contributed by atoms with Gasteiger partial charge in [0.2, 0.25) is 0 Å². The van der Waals surface area contributed by atoms with Crippen LogP contribution in [0.2, 0.25) is 0 Å². The first-order valence-corrected chi connectivity index (χ1v) is 6.99. The molecular formula is C15H25N3O. The van der Waals surface area contributed by atoms with Crippen molar-refractivity contribution in [3.05, 3.63) is 29.8 Å². The zero-order chi connectivity index (χ0) is 14.3. The normalized spacial score (nSPS) is 13.7. The Bertz CT molecular complexity index is 404. The van der Waals surface area contributed by atoms with E-state index in [1.807, 2.05) is 31.2 Å². The maximum absolute atomic E-state index is 11.9. The molecule has 0 heterocycles. The van der Waals surface area contributed by atoms with Crippen LogP contribution in [0.3, 0.4) is 0 Å². The number of anilines is 1. The molecule has 0 saturated heterocycles. The van der Waals surface area contributed by atoms with E-state index in [4.69, 9.17) is 5.73 Å². The van der Waals surface area contributed by atoms with E-state index < -0.39 is 0 Å². The summed E-state index contributed by atoms with van der Waals surface area (Å²) in [5.41, 5.74) is 7.62. The van der Waals surface area contributed by atoms with Gasteiger partial charge in [-0.2, -0.15) is 0 Å². The Balaban J connectivity index is 2.58. The summed E-state index contributed by atoms with van der Waals surface area (Å²) < 4.78 is 0. The molecule has 1 aromatic rings. The molecule has 0 aliphatic carbocycles. The minimum absolute atomic E-state index is 0.0340. The van der Waals surface area contributed by atoms with Crippen molar-refractivity contribution in [2.75, 3.05) is 5.32 Å². The number of carbonyl (C=O) groups is 1. The predicted octanol–water partition coefficient (Wildman–Crippen LogP) is 3.41. The number of amides is 2. The maximum atomic E-state index is 11.9. The average Bonchev–Trinajstić information content (AvgIpc) is 2.38. The van der Waals surface area contributed by atoms with E-state index in [2.05, 4.69) is 24.5 Å². The Hall–Kier alpha value is -1.55. The van der Waals surface area contributed by atoms with Crippen LogP contribution in [-0.4, -0.2) is 12.1 Å². The molecule has 4 N–H and O–H groups in total. The fourth-order valence-corrected chi connectivity index (χ4v) is 1.98. The van der Waals surface area contributed by atoms with Gasteiger partial charge in [-0.25, -0.2) is 4.79 Å². The minimum Gasteiger partial charge on any atom is -0.335 e. The van der Waals surface area contributed by atoms with Crippen LogP contribution in [0, 0.1) is 0 Å². The number of carbonyl (C=O) groups excluding carboxylic acids is 1. The van der Waals surface area contributed by atoms with Crippen LogP contribution >= 0.6 is 0 Å². The molecule has 2 atom stereocenters. The summed E-state index contributed by atoms with van der Waals surface area (Å²) in [4.78, 5) is 11.9. The summed E-state index contributed by atoms with van der Waals surface area (Å²) in [6, 6.07) is 7.69. The minimum atomic E-state index is -0.151. The summed E-state index contributed by atoms with van der Waals surface area (Å²) in [5, 5.41) is 5.84. The van der Waals surface area contributed by atoms with Crippen molar-refractivity contribution < 1.29 is 4.79 Å². The van der Waals surface area contributed by atoms with Gasteiger partial charge in [0.15, 0.2) is 0 Å². The lowest BCUT2D eigenvalue weighted by Gasteiger charge is -2.17. The fourth-order valence-electron chi connectivity index (χ4n) is 1.98. The SMILES string of the molecule is CCCC(CC)NC(=O)Nc1cccc(C(C)N)c1. The molecule has 4 heteroatoms. The van der Waals surface area contributed by atoms with E-state index in [1.165, 1.54) is 0 Å². The number of nitrogens with one attached hydrogen (secondary N) is 2. The summed E-state index contributed by atoms with van der Waals surface area (Å²) in [6.07, 6.45) is 3.02. The van der Waals surface area contributed by atoms with Gasteiger partial charge in [0.05, 0.1) is 0 Å². The molecule has 0 fully saturated rings. The van der Waals surface area contributed by atoms with Crippen LogP contribution in [0.4, 0.5) is 10.5 Å². The van der Waals surface area contributed by atoms with Crippen LogP contribution in [0.5, 0.6) is 0 Å². The van der Waals surface area contributed by atoms with Crippen molar-refractivity contribution in [2.24, 2.45) is 5.73 Å². The lowest BCUT2D eigenvalue weighted by Crippen LogP contribution is -2.37. The van der Waals surface area contributed by atoms with Crippen molar-refractivity contribution in [1.82, 2.24) is 5.32 Å². The first-order valence-electron chi connectivity index (χ1n) is 6.99. The van der Waals surface area contributed by atoms with E-state index in [-0.39, 0.29) is 18.1 Å². The largest absolute Gasteiger partial charge is 0.335 e. The number of rotatable bonds is 6. The molecule has 1 rings (SSSR count). The monoisotopic (exact) mass is 263 g/mol. The number of benzene rings is 1. The number of hydrogen-bond donors (Lipinski definition) is 3. The van der Waals surface area contributed by atoms with Gasteiger partial charge >= 0.3 is 6.03 Å². The standard InChI is InChI=1S/C15H25N3O/c1-4-7-13(5-2)17-15(19)18-14-9-6-8-12(10-14)11(3)16/h6,8-11,13H,4-5,7,16H2,1-3H3,(H2,17,18,19). The third-order valence-electron chi connectivity index (χ3n) is 3.14. The lowest BCUT2D eigenvalue weighted by atomic mass is 10.1. The smallest absolute Gasteiger partial charge is 0.319 e. The quantitative estimate of drug-likeness (QED) is 0.736. The summed E-state index contributed by atoms with van der Waals surface area (Å²) >= 11 is 0. The summed E-state index contributed by atoms with van der Waals surface area (Å²) in [7, 11) is 0. The molecule has 1 aromatic carbocycles. The van der Waals surface area contributed by atoms with Crippen molar-refractivity contribution in [2.45, 2.75) is 52.1 Å². The van der Waals surface area contributed by atoms with Gasteiger partial charge in [-0.1, -0.05) is 32.4 Å². The third kappa shape index (κ3) is 5.30. The molecule has 0 aliphatic rings. The lowest BCUT2D eigenvalue weighted by molar-refractivity contribution is 0.247. The Labute approximate surface area is 115 Å². The maximum Gasteiger partial charge on any atom is 0.319 e. The van der Waals surface area contributed by atoms with Crippen molar-refractivity contribution in [3.63, 3.8) is 0 Å². The van der Waals surface area contributed by atoms with Crippen LogP contribution in [0.15, 0.2) is 24.3 Å². The molecular weight excluding hydrogens is 238 g/mol. The van der Waals surface area contributed by atoms with Crippen molar-refractivity contribution in [3.8, 4) is 0 Å². The summed E-state index contributed by atoms with van der Waals surface area (Å²) in [6.45, 7) is 6.12. The molecule has 106 valence electrons. The Morgan fingerprint density at radius 3 is 2.68 bits per heavy atom. The van der Waals surface area contributed by atoms with Crippen molar-refractivity contribution >= 4 is 11.7 Å². The van der Waals surface area contributed by atoms with Crippen LogP contribution in [0.25, 0.3) is 0 Å². The number of hydrogen-bond acceptors (Lipinski definition) is 2. The first kappa shape index (κ1) is 15.5. The van der Waals surface area contributed by atoms with Gasteiger partial charge in [-0.05, 0) is 37.5 Å². The number of nitrogens with two attached hydrogens (primary N) is 1. The van der Waals surface area contributed by atoms with Gasteiger partial charge in [0.25, 0.3) is 0 Å². The summed E-state index contributed by atoms with van der Waals surface area (Å²) in [5.74, 6) is 0. The highest BCUT2D eigenvalue weighted by atomic mass is 16.2. The molecule has 0 spiro atoms. The van der Waals surface area contributed by atoms with Crippen molar-refractivity contribution in [1.29, 1.82) is 0 Å². The van der Waals surface area contributed by atoms with E-state index in [0.717, 1.165) is 30.5 Å².